The van der Waals surface area contributed by atoms with Crippen LogP contribution in [-0.4, -0.2) is 43.7 Å². The van der Waals surface area contributed by atoms with Crippen molar-refractivity contribution in [2.24, 2.45) is 0 Å². The van der Waals surface area contributed by atoms with Gasteiger partial charge < -0.3 is 18.6 Å². The lowest BCUT2D eigenvalue weighted by Crippen LogP contribution is -2.07. The highest BCUT2D eigenvalue weighted by atomic mass is 32.2. The maximum atomic E-state index is 12.2. The number of thioether (sulfide) groups is 1. The second-order valence-corrected chi connectivity index (χ2v) is 6.81. The molecule has 3 aromatic rings. The van der Waals surface area contributed by atoms with E-state index in [1.807, 2.05) is 30.5 Å². The zero-order valence-electron chi connectivity index (χ0n) is 17.0. The fourth-order valence-corrected chi connectivity index (χ4v) is 3.12. The van der Waals surface area contributed by atoms with Crippen molar-refractivity contribution in [3.05, 3.63) is 48.0 Å². The van der Waals surface area contributed by atoms with Crippen molar-refractivity contribution in [3.63, 3.8) is 0 Å². The summed E-state index contributed by atoms with van der Waals surface area (Å²) in [5.74, 6) is 1.37. The molecule has 9 heteroatoms. The lowest BCUT2D eigenvalue weighted by molar-refractivity contribution is -0.112. The zero-order valence-corrected chi connectivity index (χ0v) is 17.8. The fraction of sp³-hybridized carbons (Fsp3) is 0.190. The van der Waals surface area contributed by atoms with E-state index in [4.69, 9.17) is 18.6 Å². The molecular weight excluding hydrogens is 406 g/mol. The molecule has 0 saturated heterocycles. The van der Waals surface area contributed by atoms with E-state index in [0.29, 0.717) is 28.7 Å². The van der Waals surface area contributed by atoms with Crippen LogP contribution < -0.4 is 19.5 Å². The molecule has 0 aliphatic carbocycles. The van der Waals surface area contributed by atoms with Crippen LogP contribution in [0.5, 0.6) is 17.2 Å². The zero-order chi connectivity index (χ0) is 21.5. The van der Waals surface area contributed by atoms with Gasteiger partial charge in [0.05, 0.1) is 21.3 Å². The van der Waals surface area contributed by atoms with E-state index in [0.717, 1.165) is 10.5 Å². The van der Waals surface area contributed by atoms with E-state index in [-0.39, 0.29) is 6.01 Å². The van der Waals surface area contributed by atoms with Crippen LogP contribution in [0.25, 0.3) is 17.5 Å². The van der Waals surface area contributed by atoms with Gasteiger partial charge in [0.2, 0.25) is 11.6 Å². The van der Waals surface area contributed by atoms with Gasteiger partial charge in [0.15, 0.2) is 11.5 Å². The van der Waals surface area contributed by atoms with Crippen molar-refractivity contribution >= 4 is 29.8 Å². The molecule has 0 unspecified atom stereocenters. The number of ether oxygens (including phenoxy) is 3. The number of carbonyl (C=O) groups excluding carboxylic acids is 1. The molecule has 1 aromatic heterocycles. The highest BCUT2D eigenvalue weighted by molar-refractivity contribution is 7.98. The van der Waals surface area contributed by atoms with Gasteiger partial charge in [0.25, 0.3) is 5.91 Å². The average Bonchev–Trinajstić information content (AvgIpc) is 3.25. The number of amides is 1. The van der Waals surface area contributed by atoms with Crippen LogP contribution in [0.1, 0.15) is 5.56 Å². The quantitative estimate of drug-likeness (QED) is 0.423. The highest BCUT2D eigenvalue weighted by Crippen LogP contribution is 2.38. The van der Waals surface area contributed by atoms with Gasteiger partial charge in [-0.15, -0.1) is 16.9 Å². The summed E-state index contributed by atoms with van der Waals surface area (Å²) in [6, 6.07) is 11.2. The molecule has 30 heavy (non-hydrogen) atoms. The minimum absolute atomic E-state index is 0.0131. The molecule has 0 aliphatic rings. The van der Waals surface area contributed by atoms with E-state index in [9.17, 15) is 4.79 Å². The molecule has 0 fully saturated rings. The first kappa shape index (κ1) is 21.3. The van der Waals surface area contributed by atoms with E-state index in [2.05, 4.69) is 15.5 Å². The van der Waals surface area contributed by atoms with Gasteiger partial charge in [-0.05, 0) is 48.2 Å². The second kappa shape index (κ2) is 9.84. The Morgan fingerprint density at radius 3 is 2.43 bits per heavy atom. The number of carbonyl (C=O) groups is 1. The third kappa shape index (κ3) is 4.93. The lowest BCUT2D eigenvalue weighted by Gasteiger charge is -2.12. The fourth-order valence-electron chi connectivity index (χ4n) is 2.66. The largest absolute Gasteiger partial charge is 0.493 e. The van der Waals surface area contributed by atoms with E-state index >= 15 is 0 Å². The molecule has 0 bridgehead atoms. The van der Waals surface area contributed by atoms with E-state index in [1.54, 1.807) is 30.0 Å². The van der Waals surface area contributed by atoms with Crippen molar-refractivity contribution < 1.29 is 23.4 Å². The highest BCUT2D eigenvalue weighted by Gasteiger charge is 2.13. The lowest BCUT2D eigenvalue weighted by atomic mass is 10.1. The molecule has 0 atom stereocenters. The first-order valence-electron chi connectivity index (χ1n) is 8.85. The molecule has 1 N–H and O–H groups in total. The molecule has 0 aliphatic heterocycles. The first-order valence-corrected chi connectivity index (χ1v) is 10.1. The number of benzene rings is 2. The van der Waals surface area contributed by atoms with Crippen molar-refractivity contribution in [3.8, 4) is 28.7 Å². The number of nitrogens with one attached hydrogen (secondary N) is 1. The first-order chi connectivity index (χ1) is 14.6. The summed E-state index contributed by atoms with van der Waals surface area (Å²) in [7, 11) is 4.58. The molecule has 0 radical (unpaired) electrons. The molecule has 1 amide bonds. The Morgan fingerprint density at radius 2 is 1.80 bits per heavy atom. The predicted molar refractivity (Wildman–Crippen MR) is 115 cm³/mol. The second-order valence-electron chi connectivity index (χ2n) is 5.93. The van der Waals surface area contributed by atoms with Crippen LogP contribution >= 0.6 is 11.8 Å². The Morgan fingerprint density at radius 1 is 1.07 bits per heavy atom. The summed E-state index contributed by atoms with van der Waals surface area (Å²) in [6.45, 7) is 0. The molecule has 8 nitrogen and oxygen atoms in total. The summed E-state index contributed by atoms with van der Waals surface area (Å²) in [4.78, 5) is 13.3. The van der Waals surface area contributed by atoms with Crippen molar-refractivity contribution in [1.29, 1.82) is 0 Å². The smallest absolute Gasteiger partial charge is 0.322 e. The van der Waals surface area contributed by atoms with Crippen molar-refractivity contribution in [2.45, 2.75) is 4.90 Å². The monoisotopic (exact) mass is 427 g/mol. The summed E-state index contributed by atoms with van der Waals surface area (Å²) >= 11 is 1.61. The number of hydrogen-bond acceptors (Lipinski definition) is 8. The van der Waals surface area contributed by atoms with Crippen LogP contribution in [0.3, 0.4) is 0 Å². The Hall–Kier alpha value is -3.46. The summed E-state index contributed by atoms with van der Waals surface area (Å²) in [5, 5.41) is 10.4. The van der Waals surface area contributed by atoms with Gasteiger partial charge in [0.1, 0.15) is 0 Å². The van der Waals surface area contributed by atoms with Crippen molar-refractivity contribution in [2.75, 3.05) is 32.9 Å². The minimum Gasteiger partial charge on any atom is -0.493 e. The summed E-state index contributed by atoms with van der Waals surface area (Å²) in [5.41, 5.74) is 1.47. The van der Waals surface area contributed by atoms with Crippen molar-refractivity contribution in [1.82, 2.24) is 10.2 Å². The average molecular weight is 427 g/mol. The Labute approximate surface area is 178 Å². The molecular formula is C21H21N3O5S. The number of nitrogens with zero attached hydrogens (tertiary/aromatic N) is 2. The van der Waals surface area contributed by atoms with E-state index < -0.39 is 5.91 Å². The van der Waals surface area contributed by atoms with Gasteiger partial charge in [-0.25, -0.2) is 0 Å². The molecule has 0 saturated carbocycles. The van der Waals surface area contributed by atoms with E-state index in [1.165, 1.54) is 27.4 Å². The third-order valence-corrected chi connectivity index (χ3v) is 4.81. The Kier molecular flexibility index (Phi) is 6.97. The number of hydrogen-bond donors (Lipinski definition) is 1. The number of methoxy groups -OCH3 is 3. The molecule has 3 rings (SSSR count). The predicted octanol–water partition coefficient (Wildman–Crippen LogP) is 4.14. The Balaban J connectivity index is 1.72. The van der Waals surface area contributed by atoms with Crippen LogP contribution in [0.2, 0.25) is 0 Å². The maximum absolute atomic E-state index is 12.2. The van der Waals surface area contributed by atoms with Gasteiger partial charge in [0, 0.05) is 16.5 Å². The molecule has 0 spiro atoms. The number of anilines is 1. The van der Waals surface area contributed by atoms with Crippen LogP contribution in [-0.2, 0) is 4.79 Å². The standard InChI is InChI=1S/C21H21N3O5S/c1-26-16-10-13(11-17(27-2)19(16)28-3)8-9-18(25)22-21-24-23-20(29-21)14-6-5-7-15(12-14)30-4/h5-12H,1-4H3,(H,22,24,25). The molecule has 2 aromatic carbocycles. The van der Waals surface area contributed by atoms with Gasteiger partial charge in [-0.1, -0.05) is 11.2 Å². The van der Waals surface area contributed by atoms with Gasteiger partial charge in [-0.2, -0.15) is 0 Å². The number of aromatic nitrogens is 2. The van der Waals surface area contributed by atoms with Crippen LogP contribution in [0.15, 0.2) is 51.8 Å². The minimum atomic E-state index is -0.420. The SMILES string of the molecule is COc1cc(C=CC(=O)Nc2nnc(-c3cccc(SC)c3)o2)cc(OC)c1OC. The number of rotatable bonds is 8. The third-order valence-electron chi connectivity index (χ3n) is 4.09. The topological polar surface area (TPSA) is 95.7 Å². The maximum Gasteiger partial charge on any atom is 0.322 e. The Bertz CT molecular complexity index is 1040. The summed E-state index contributed by atoms with van der Waals surface area (Å²) < 4.78 is 21.4. The molecule has 1 heterocycles. The molecule has 156 valence electrons. The normalized spacial score (nSPS) is 10.8. The van der Waals surface area contributed by atoms with Crippen LogP contribution in [0.4, 0.5) is 6.01 Å². The van der Waals surface area contributed by atoms with Gasteiger partial charge in [-0.3, -0.25) is 10.1 Å². The van der Waals surface area contributed by atoms with Crippen LogP contribution in [0, 0.1) is 0 Å². The van der Waals surface area contributed by atoms with Gasteiger partial charge >= 0.3 is 6.01 Å². The summed E-state index contributed by atoms with van der Waals surface area (Å²) in [6.07, 6.45) is 4.94.